The first-order valence-corrected chi connectivity index (χ1v) is 7.02. The maximum absolute atomic E-state index is 5.65. The summed E-state index contributed by atoms with van der Waals surface area (Å²) in [5.41, 5.74) is 5.65. The minimum atomic E-state index is 0.236. The van der Waals surface area contributed by atoms with E-state index in [0.717, 1.165) is 19.0 Å². The molecule has 0 aliphatic carbocycles. The lowest BCUT2D eigenvalue weighted by molar-refractivity contribution is 0.0350. The van der Waals surface area contributed by atoms with Crippen LogP contribution in [0.3, 0.4) is 0 Å². The van der Waals surface area contributed by atoms with Crippen LogP contribution in [0.5, 0.6) is 0 Å². The maximum Gasteiger partial charge on any atom is 0.0705 e. The minimum Gasteiger partial charge on any atom is -0.380 e. The quantitative estimate of drug-likeness (QED) is 0.762. The molecule has 2 saturated heterocycles. The number of rotatable bonds is 5. The van der Waals surface area contributed by atoms with Gasteiger partial charge in [-0.3, -0.25) is 4.90 Å². The van der Waals surface area contributed by atoms with Gasteiger partial charge in [-0.25, -0.2) is 0 Å². The lowest BCUT2D eigenvalue weighted by atomic mass is 9.99. The number of hydrogen-bond donors (Lipinski definition) is 1. The second-order valence-electron chi connectivity index (χ2n) is 5.37. The SMILES string of the molecule is COC(CN)CCN1CCN2CCCCC2C1. The second kappa shape index (κ2) is 6.69. The van der Waals surface area contributed by atoms with Gasteiger partial charge in [-0.15, -0.1) is 0 Å². The van der Waals surface area contributed by atoms with Crippen LogP contribution in [0.1, 0.15) is 25.7 Å². The molecule has 0 amide bonds. The third-order valence-corrected chi connectivity index (χ3v) is 4.28. The molecule has 2 fully saturated rings. The molecule has 0 aromatic rings. The number of piperazine rings is 1. The normalized spacial score (nSPS) is 28.9. The van der Waals surface area contributed by atoms with Crippen molar-refractivity contribution >= 4 is 0 Å². The molecule has 4 heteroatoms. The number of nitrogens with zero attached hydrogens (tertiary/aromatic N) is 2. The first-order chi connectivity index (χ1) is 8.33. The van der Waals surface area contributed by atoms with Gasteiger partial charge in [-0.1, -0.05) is 6.42 Å². The third kappa shape index (κ3) is 3.65. The van der Waals surface area contributed by atoms with Crippen molar-refractivity contribution in [3.63, 3.8) is 0 Å². The Hall–Kier alpha value is -0.160. The summed E-state index contributed by atoms with van der Waals surface area (Å²) in [5.74, 6) is 0. The fourth-order valence-electron chi connectivity index (χ4n) is 3.08. The van der Waals surface area contributed by atoms with Gasteiger partial charge in [0.2, 0.25) is 0 Å². The van der Waals surface area contributed by atoms with E-state index in [-0.39, 0.29) is 6.10 Å². The van der Waals surface area contributed by atoms with Crippen molar-refractivity contribution in [2.24, 2.45) is 5.73 Å². The summed E-state index contributed by atoms with van der Waals surface area (Å²) in [6, 6.07) is 0.816. The van der Waals surface area contributed by atoms with Gasteiger partial charge in [0.15, 0.2) is 0 Å². The molecule has 0 radical (unpaired) electrons. The van der Waals surface area contributed by atoms with Crippen molar-refractivity contribution < 1.29 is 4.74 Å². The molecule has 0 spiro atoms. The number of nitrogens with two attached hydrogens (primary N) is 1. The van der Waals surface area contributed by atoms with Crippen LogP contribution in [0, 0.1) is 0 Å². The molecule has 2 atom stereocenters. The Morgan fingerprint density at radius 3 is 2.94 bits per heavy atom. The van der Waals surface area contributed by atoms with Crippen LogP contribution >= 0.6 is 0 Å². The van der Waals surface area contributed by atoms with Gasteiger partial charge < -0.3 is 15.4 Å². The molecule has 2 heterocycles. The molecule has 0 saturated carbocycles. The summed E-state index contributed by atoms with van der Waals surface area (Å²) in [6.07, 6.45) is 5.51. The first-order valence-electron chi connectivity index (χ1n) is 7.02. The average molecular weight is 241 g/mol. The van der Waals surface area contributed by atoms with Crippen molar-refractivity contribution in [3.05, 3.63) is 0 Å². The number of fused-ring (bicyclic) bond motifs is 1. The third-order valence-electron chi connectivity index (χ3n) is 4.28. The number of hydrogen-bond acceptors (Lipinski definition) is 4. The Balaban J connectivity index is 1.72. The van der Waals surface area contributed by atoms with Gasteiger partial charge in [0, 0.05) is 45.9 Å². The molecule has 17 heavy (non-hydrogen) atoms. The highest BCUT2D eigenvalue weighted by atomic mass is 16.5. The molecule has 2 aliphatic heterocycles. The van der Waals surface area contributed by atoms with Gasteiger partial charge in [0.05, 0.1) is 6.10 Å². The van der Waals surface area contributed by atoms with E-state index in [2.05, 4.69) is 9.80 Å². The van der Waals surface area contributed by atoms with Gasteiger partial charge in [-0.05, 0) is 25.8 Å². The predicted octanol–water partition coefficient (Wildman–Crippen LogP) is 0.520. The van der Waals surface area contributed by atoms with Crippen LogP contribution in [0.2, 0.25) is 0 Å². The molecule has 0 aromatic heterocycles. The molecular formula is C13H27N3O. The summed E-state index contributed by atoms with van der Waals surface area (Å²) in [6.45, 7) is 6.82. The Morgan fingerprint density at radius 1 is 1.29 bits per heavy atom. The number of methoxy groups -OCH3 is 1. The maximum atomic E-state index is 5.65. The minimum absolute atomic E-state index is 0.236. The molecule has 2 rings (SSSR count). The topological polar surface area (TPSA) is 41.7 Å². The van der Waals surface area contributed by atoms with E-state index >= 15 is 0 Å². The molecule has 2 aliphatic rings. The molecule has 0 aromatic carbocycles. The van der Waals surface area contributed by atoms with E-state index < -0.39 is 0 Å². The van der Waals surface area contributed by atoms with E-state index in [9.17, 15) is 0 Å². The van der Waals surface area contributed by atoms with E-state index in [1.807, 2.05) is 0 Å². The lowest BCUT2D eigenvalue weighted by Crippen LogP contribution is -2.55. The van der Waals surface area contributed by atoms with E-state index in [0.29, 0.717) is 6.54 Å². The Labute approximate surface area is 105 Å². The second-order valence-corrected chi connectivity index (χ2v) is 5.37. The highest BCUT2D eigenvalue weighted by molar-refractivity contribution is 4.85. The zero-order valence-electron chi connectivity index (χ0n) is 11.1. The van der Waals surface area contributed by atoms with Crippen molar-refractivity contribution in [3.8, 4) is 0 Å². The summed E-state index contributed by atoms with van der Waals surface area (Å²) < 4.78 is 5.34. The largest absolute Gasteiger partial charge is 0.380 e. The van der Waals surface area contributed by atoms with E-state index in [4.69, 9.17) is 10.5 Å². The Bertz CT molecular complexity index is 221. The summed E-state index contributed by atoms with van der Waals surface area (Å²) in [7, 11) is 1.76. The van der Waals surface area contributed by atoms with Gasteiger partial charge in [0.25, 0.3) is 0 Å². The molecule has 2 unspecified atom stereocenters. The molecular weight excluding hydrogens is 214 g/mol. The van der Waals surface area contributed by atoms with Gasteiger partial charge in [0.1, 0.15) is 0 Å². The highest BCUT2D eigenvalue weighted by Gasteiger charge is 2.28. The predicted molar refractivity (Wildman–Crippen MR) is 70.1 cm³/mol. The first kappa shape index (κ1) is 13.3. The van der Waals surface area contributed by atoms with Crippen molar-refractivity contribution in [2.45, 2.75) is 37.8 Å². The fourth-order valence-corrected chi connectivity index (χ4v) is 3.08. The molecule has 2 N–H and O–H groups in total. The van der Waals surface area contributed by atoms with Crippen LogP contribution < -0.4 is 5.73 Å². The lowest BCUT2D eigenvalue weighted by Gasteiger charge is -2.44. The van der Waals surface area contributed by atoms with Crippen LogP contribution in [0.4, 0.5) is 0 Å². The molecule has 0 bridgehead atoms. The summed E-state index contributed by atoms with van der Waals surface area (Å²) in [5, 5.41) is 0. The van der Waals surface area contributed by atoms with Crippen LogP contribution in [-0.4, -0.2) is 68.3 Å². The average Bonchev–Trinajstić information content (AvgIpc) is 2.40. The van der Waals surface area contributed by atoms with E-state index in [1.54, 1.807) is 7.11 Å². The van der Waals surface area contributed by atoms with Crippen LogP contribution in [0.25, 0.3) is 0 Å². The van der Waals surface area contributed by atoms with Crippen molar-refractivity contribution in [1.82, 2.24) is 9.80 Å². The zero-order valence-corrected chi connectivity index (χ0v) is 11.1. The van der Waals surface area contributed by atoms with Gasteiger partial charge in [-0.2, -0.15) is 0 Å². The number of ether oxygens (including phenoxy) is 1. The smallest absolute Gasteiger partial charge is 0.0705 e. The standard InChI is InChI=1S/C13H27N3O/c1-17-13(10-14)5-7-15-8-9-16-6-3-2-4-12(16)11-15/h12-13H,2-11,14H2,1H3. The zero-order chi connectivity index (χ0) is 12.1. The highest BCUT2D eigenvalue weighted by Crippen LogP contribution is 2.21. The van der Waals surface area contributed by atoms with Crippen LogP contribution in [-0.2, 0) is 4.74 Å². The monoisotopic (exact) mass is 241 g/mol. The summed E-state index contributed by atoms with van der Waals surface area (Å²) in [4.78, 5) is 5.27. The Kier molecular flexibility index (Phi) is 5.22. The van der Waals surface area contributed by atoms with Crippen LogP contribution in [0.15, 0.2) is 0 Å². The number of piperidine rings is 1. The van der Waals surface area contributed by atoms with Gasteiger partial charge >= 0.3 is 0 Å². The summed E-state index contributed by atoms with van der Waals surface area (Å²) >= 11 is 0. The Morgan fingerprint density at radius 2 is 2.18 bits per heavy atom. The molecule has 100 valence electrons. The molecule has 4 nitrogen and oxygen atoms in total. The van der Waals surface area contributed by atoms with E-state index in [1.165, 1.54) is 45.4 Å². The van der Waals surface area contributed by atoms with Crippen molar-refractivity contribution in [1.29, 1.82) is 0 Å². The van der Waals surface area contributed by atoms with Crippen molar-refractivity contribution in [2.75, 3.05) is 46.4 Å². The fraction of sp³-hybridized carbons (Fsp3) is 1.00.